The summed E-state index contributed by atoms with van der Waals surface area (Å²) in [4.78, 5) is 20.0. The zero-order valence-corrected chi connectivity index (χ0v) is 15.2. The lowest BCUT2D eigenvalue weighted by atomic mass is 10.0. The molecule has 26 heavy (non-hydrogen) atoms. The lowest BCUT2D eigenvalue weighted by Gasteiger charge is -2.28. The number of benzene rings is 1. The van der Waals surface area contributed by atoms with Crippen LogP contribution in [-0.2, 0) is 11.2 Å². The number of imidazole rings is 1. The zero-order valence-electron chi connectivity index (χ0n) is 14.4. The van der Waals surface area contributed by atoms with E-state index in [1.165, 1.54) is 6.07 Å². The molecule has 7 heteroatoms. The molecule has 1 N–H and O–H groups in total. The molecule has 2 aromatic heterocycles. The molecule has 1 aliphatic heterocycles. The van der Waals surface area contributed by atoms with Crippen LogP contribution in [0.2, 0.25) is 0 Å². The van der Waals surface area contributed by atoms with Gasteiger partial charge in [-0.1, -0.05) is 18.2 Å². The average molecular weight is 372 g/mol. The highest BCUT2D eigenvalue weighted by atomic mass is 32.1. The van der Waals surface area contributed by atoms with E-state index in [0.29, 0.717) is 12.1 Å². The first-order valence-electron chi connectivity index (χ1n) is 8.87. The van der Waals surface area contributed by atoms with Crippen molar-refractivity contribution in [3.05, 3.63) is 59.1 Å². The Balaban J connectivity index is 1.43. The van der Waals surface area contributed by atoms with Crippen molar-refractivity contribution in [1.82, 2.24) is 19.6 Å². The molecular weight excluding hydrogens is 351 g/mol. The van der Waals surface area contributed by atoms with Crippen LogP contribution in [0.4, 0.5) is 4.39 Å². The lowest BCUT2D eigenvalue weighted by Crippen LogP contribution is -2.37. The van der Waals surface area contributed by atoms with Crippen molar-refractivity contribution >= 4 is 22.2 Å². The highest BCUT2D eigenvalue weighted by Crippen LogP contribution is 2.26. The van der Waals surface area contributed by atoms with Crippen LogP contribution in [-0.4, -0.2) is 39.8 Å². The minimum absolute atomic E-state index is 0.0868. The summed E-state index contributed by atoms with van der Waals surface area (Å²) in [6.45, 7) is 2.28. The number of hydrogen-bond acceptors (Lipinski definition) is 4. The number of thiazole rings is 1. The molecule has 4 rings (SSSR count). The topological polar surface area (TPSA) is 49.6 Å². The number of nitrogens with zero attached hydrogens (tertiary/aromatic N) is 3. The van der Waals surface area contributed by atoms with Crippen molar-refractivity contribution in [2.75, 3.05) is 19.6 Å². The fraction of sp³-hybridized carbons (Fsp3) is 0.368. The standard InChI is InChI=1S/C19H21FN4OS/c20-16-6-2-1-5-15(16)17(23-7-3-4-8-23)12-21-18(25)11-14-13-24-9-10-26-19(24)22-14/h1-2,5-6,9-10,13,17H,3-4,7-8,11-12H2,(H,21,25)/t17-/m1/s1. The Hall–Kier alpha value is -2.25. The van der Waals surface area contributed by atoms with Crippen LogP contribution in [0.25, 0.3) is 4.96 Å². The molecule has 0 unspecified atom stereocenters. The third-order valence-corrected chi connectivity index (χ3v) is 5.59. The van der Waals surface area contributed by atoms with Crippen LogP contribution in [0.1, 0.15) is 30.1 Å². The Labute approximate surface area is 155 Å². The number of carbonyl (C=O) groups is 1. The van der Waals surface area contributed by atoms with Gasteiger partial charge in [0.05, 0.1) is 18.2 Å². The summed E-state index contributed by atoms with van der Waals surface area (Å²) in [5.41, 5.74) is 1.40. The Kier molecular flexibility index (Phi) is 4.99. The van der Waals surface area contributed by atoms with Gasteiger partial charge in [0.15, 0.2) is 4.96 Å². The van der Waals surface area contributed by atoms with Gasteiger partial charge in [-0.25, -0.2) is 9.37 Å². The Bertz CT molecular complexity index is 871. The number of nitrogens with one attached hydrogen (secondary N) is 1. The molecule has 0 radical (unpaired) electrons. The molecule has 0 spiro atoms. The Morgan fingerprint density at radius 2 is 2.12 bits per heavy atom. The minimum Gasteiger partial charge on any atom is -0.354 e. The van der Waals surface area contributed by atoms with E-state index in [1.54, 1.807) is 17.4 Å². The SMILES string of the molecule is O=C(Cc1cn2ccsc2n1)NC[C@H](c1ccccc1F)N1CCCC1. The van der Waals surface area contributed by atoms with Crippen LogP contribution >= 0.6 is 11.3 Å². The molecule has 1 aromatic carbocycles. The number of carbonyl (C=O) groups excluding carboxylic acids is 1. The number of likely N-dealkylation sites (tertiary alicyclic amines) is 1. The minimum atomic E-state index is -0.215. The lowest BCUT2D eigenvalue weighted by molar-refractivity contribution is -0.120. The fourth-order valence-corrected chi connectivity index (χ4v) is 4.25. The van der Waals surface area contributed by atoms with Crippen molar-refractivity contribution in [2.24, 2.45) is 0 Å². The maximum absolute atomic E-state index is 14.3. The Morgan fingerprint density at radius 3 is 2.88 bits per heavy atom. The molecule has 5 nitrogen and oxygen atoms in total. The van der Waals surface area contributed by atoms with Gasteiger partial charge in [0.25, 0.3) is 0 Å². The van der Waals surface area contributed by atoms with Gasteiger partial charge in [-0.05, 0) is 32.0 Å². The van der Waals surface area contributed by atoms with Crippen molar-refractivity contribution in [2.45, 2.75) is 25.3 Å². The van der Waals surface area contributed by atoms with Crippen LogP contribution in [0.15, 0.2) is 42.0 Å². The predicted octanol–water partition coefficient (Wildman–Crippen LogP) is 3.03. The van der Waals surface area contributed by atoms with Crippen molar-refractivity contribution in [1.29, 1.82) is 0 Å². The molecule has 0 bridgehead atoms. The van der Waals surface area contributed by atoms with E-state index in [0.717, 1.165) is 36.6 Å². The quantitative estimate of drug-likeness (QED) is 0.724. The Morgan fingerprint density at radius 1 is 1.31 bits per heavy atom. The summed E-state index contributed by atoms with van der Waals surface area (Å²) in [6, 6.07) is 6.71. The van der Waals surface area contributed by atoms with E-state index < -0.39 is 0 Å². The molecular formula is C19H21FN4OS. The van der Waals surface area contributed by atoms with Crippen molar-refractivity contribution in [3.63, 3.8) is 0 Å². The smallest absolute Gasteiger partial charge is 0.226 e. The highest BCUT2D eigenvalue weighted by molar-refractivity contribution is 7.15. The van der Waals surface area contributed by atoms with E-state index in [-0.39, 0.29) is 24.2 Å². The number of amides is 1. The van der Waals surface area contributed by atoms with Crippen molar-refractivity contribution in [3.8, 4) is 0 Å². The fourth-order valence-electron chi connectivity index (χ4n) is 3.53. The number of rotatable bonds is 6. The van der Waals surface area contributed by atoms with Gasteiger partial charge >= 0.3 is 0 Å². The molecule has 3 heterocycles. The first-order valence-corrected chi connectivity index (χ1v) is 9.75. The maximum Gasteiger partial charge on any atom is 0.226 e. The number of hydrogen-bond donors (Lipinski definition) is 1. The number of fused-ring (bicyclic) bond motifs is 1. The first kappa shape index (κ1) is 17.2. The van der Waals surface area contributed by atoms with Gasteiger partial charge in [-0.3, -0.25) is 14.1 Å². The maximum atomic E-state index is 14.3. The third kappa shape index (κ3) is 3.64. The van der Waals surface area contributed by atoms with Crippen LogP contribution in [0.5, 0.6) is 0 Å². The molecule has 1 saturated heterocycles. The molecule has 136 valence electrons. The first-order chi connectivity index (χ1) is 12.7. The number of aromatic nitrogens is 2. The summed E-state index contributed by atoms with van der Waals surface area (Å²) >= 11 is 1.54. The average Bonchev–Trinajstić information content (AvgIpc) is 3.34. The predicted molar refractivity (Wildman–Crippen MR) is 99.7 cm³/mol. The van der Waals surface area contributed by atoms with Crippen LogP contribution < -0.4 is 5.32 Å². The van der Waals surface area contributed by atoms with Gasteiger partial charge in [0.2, 0.25) is 5.91 Å². The van der Waals surface area contributed by atoms with Gasteiger partial charge in [-0.2, -0.15) is 0 Å². The van der Waals surface area contributed by atoms with Crippen LogP contribution in [0, 0.1) is 5.82 Å². The monoisotopic (exact) mass is 372 g/mol. The van der Waals surface area contributed by atoms with Crippen molar-refractivity contribution < 1.29 is 9.18 Å². The second-order valence-corrected chi connectivity index (χ2v) is 7.46. The molecule has 1 amide bonds. The molecule has 0 saturated carbocycles. The highest BCUT2D eigenvalue weighted by Gasteiger charge is 2.26. The second kappa shape index (κ2) is 7.55. The van der Waals surface area contributed by atoms with E-state index >= 15 is 0 Å². The van der Waals surface area contributed by atoms with E-state index in [2.05, 4.69) is 15.2 Å². The van der Waals surface area contributed by atoms with Gasteiger partial charge in [-0.15, -0.1) is 11.3 Å². The normalized spacial score (nSPS) is 16.2. The number of halogens is 1. The molecule has 1 atom stereocenters. The summed E-state index contributed by atoms with van der Waals surface area (Å²) in [6.07, 6.45) is 6.27. The van der Waals surface area contributed by atoms with E-state index in [9.17, 15) is 9.18 Å². The molecule has 0 aliphatic carbocycles. The third-order valence-electron chi connectivity index (χ3n) is 4.82. The van der Waals surface area contributed by atoms with E-state index in [1.807, 2.05) is 34.3 Å². The van der Waals surface area contributed by atoms with Gasteiger partial charge in [0.1, 0.15) is 5.82 Å². The summed E-state index contributed by atoms with van der Waals surface area (Å²) < 4.78 is 16.2. The summed E-state index contributed by atoms with van der Waals surface area (Å²) in [5, 5.41) is 4.94. The molecule has 3 aromatic rings. The molecule has 1 aliphatic rings. The summed E-state index contributed by atoms with van der Waals surface area (Å²) in [5.74, 6) is -0.302. The van der Waals surface area contributed by atoms with E-state index in [4.69, 9.17) is 0 Å². The molecule has 1 fully saturated rings. The second-order valence-electron chi connectivity index (χ2n) is 6.59. The zero-order chi connectivity index (χ0) is 17.9. The largest absolute Gasteiger partial charge is 0.354 e. The van der Waals surface area contributed by atoms with Gasteiger partial charge in [0, 0.05) is 29.9 Å². The van der Waals surface area contributed by atoms with Crippen LogP contribution in [0.3, 0.4) is 0 Å². The van der Waals surface area contributed by atoms with Gasteiger partial charge < -0.3 is 5.32 Å². The summed E-state index contributed by atoms with van der Waals surface area (Å²) in [7, 11) is 0.